The summed E-state index contributed by atoms with van der Waals surface area (Å²) in [6, 6.07) is 11.2. The van der Waals surface area contributed by atoms with Crippen LogP contribution in [0.4, 0.5) is 0 Å². The third-order valence-corrected chi connectivity index (χ3v) is 6.79. The van der Waals surface area contributed by atoms with Crippen molar-refractivity contribution < 1.29 is 29.4 Å². The van der Waals surface area contributed by atoms with Gasteiger partial charge < -0.3 is 43.4 Å². The van der Waals surface area contributed by atoms with Crippen LogP contribution in [-0.4, -0.2) is 71.2 Å². The molecule has 3 amide bonds. The van der Waals surface area contributed by atoms with E-state index in [1.807, 2.05) is 30.3 Å². The quantitative estimate of drug-likeness (QED) is 0.106. The maximum absolute atomic E-state index is 13.6. The number of carbonyl (C=O) groups excluding carboxylic acids is 3. The van der Waals surface area contributed by atoms with Gasteiger partial charge in [0.15, 0.2) is 0 Å². The molecule has 0 radical (unpaired) electrons. The van der Waals surface area contributed by atoms with Gasteiger partial charge in [0.2, 0.25) is 17.7 Å². The minimum atomic E-state index is -1.18. The molecule has 0 saturated heterocycles. The number of nitrogens with two attached hydrogens (primary N) is 3. The van der Waals surface area contributed by atoms with E-state index in [0.29, 0.717) is 38.8 Å². The molecule has 0 aliphatic heterocycles. The van der Waals surface area contributed by atoms with Crippen LogP contribution in [0.5, 0.6) is 5.75 Å². The number of phenolic OH excluding ortho intramolecular Hbond substituents is 1. The Bertz CT molecular complexity index is 1130. The number of carbonyl (C=O) groups is 4. The Labute approximate surface area is 246 Å². The van der Waals surface area contributed by atoms with E-state index in [1.54, 1.807) is 12.1 Å². The van der Waals surface area contributed by atoms with Crippen molar-refractivity contribution in [2.75, 3.05) is 13.1 Å². The van der Waals surface area contributed by atoms with Crippen molar-refractivity contribution in [1.82, 2.24) is 16.0 Å². The molecule has 0 aliphatic rings. The molecule has 4 unspecified atom stereocenters. The van der Waals surface area contributed by atoms with E-state index in [-0.39, 0.29) is 31.4 Å². The first-order valence-corrected chi connectivity index (χ1v) is 14.3. The van der Waals surface area contributed by atoms with Crippen molar-refractivity contribution in [2.45, 2.75) is 75.5 Å². The van der Waals surface area contributed by atoms with Crippen molar-refractivity contribution in [1.29, 1.82) is 0 Å². The Hall–Kier alpha value is -4.00. The maximum Gasteiger partial charge on any atom is 0.326 e. The monoisotopic (exact) mass is 584 g/mol. The molecule has 0 bridgehead atoms. The molecule has 42 heavy (non-hydrogen) atoms. The third kappa shape index (κ3) is 12.2. The molecule has 0 saturated carbocycles. The highest BCUT2D eigenvalue weighted by atomic mass is 16.4. The number of phenols is 1. The van der Waals surface area contributed by atoms with E-state index in [2.05, 4.69) is 16.0 Å². The average Bonchev–Trinajstić information content (AvgIpc) is 2.97. The summed E-state index contributed by atoms with van der Waals surface area (Å²) in [5.41, 5.74) is 18.8. The van der Waals surface area contributed by atoms with Crippen LogP contribution < -0.4 is 33.2 Å². The van der Waals surface area contributed by atoms with Gasteiger partial charge in [0.05, 0.1) is 6.04 Å². The van der Waals surface area contributed by atoms with E-state index in [0.717, 1.165) is 11.1 Å². The average molecular weight is 585 g/mol. The highest BCUT2D eigenvalue weighted by Gasteiger charge is 2.30. The summed E-state index contributed by atoms with van der Waals surface area (Å²) in [5, 5.41) is 27.1. The molecule has 12 nitrogen and oxygen atoms in total. The first-order chi connectivity index (χ1) is 20.1. The van der Waals surface area contributed by atoms with Crippen LogP contribution in [0.1, 0.15) is 49.7 Å². The lowest BCUT2D eigenvalue weighted by molar-refractivity contribution is -0.142. The number of nitrogens with one attached hydrogen (secondary N) is 3. The number of rotatable bonds is 19. The molecule has 11 N–H and O–H groups in total. The number of hydrogen-bond donors (Lipinski definition) is 8. The number of aromatic hydroxyl groups is 1. The molecule has 230 valence electrons. The van der Waals surface area contributed by atoms with Gasteiger partial charge in [0, 0.05) is 6.42 Å². The van der Waals surface area contributed by atoms with Crippen molar-refractivity contribution >= 4 is 23.7 Å². The van der Waals surface area contributed by atoms with Crippen LogP contribution >= 0.6 is 0 Å². The molecule has 0 heterocycles. The highest BCUT2D eigenvalue weighted by molar-refractivity contribution is 5.94. The second kappa shape index (κ2) is 18.4. The van der Waals surface area contributed by atoms with E-state index in [1.165, 1.54) is 12.1 Å². The summed E-state index contributed by atoms with van der Waals surface area (Å²) in [4.78, 5) is 51.6. The minimum absolute atomic E-state index is 0.0895. The number of hydrogen-bond acceptors (Lipinski definition) is 8. The van der Waals surface area contributed by atoms with Crippen molar-refractivity contribution in [3.8, 4) is 5.75 Å². The molecule has 2 rings (SSSR count). The van der Waals surface area contributed by atoms with Gasteiger partial charge in [-0.2, -0.15) is 0 Å². The topological polar surface area (TPSA) is 223 Å². The standard InChI is InChI=1S/C30H44N6O6/c31-16-6-4-10-24(28(39)35-25(30(41)42)11-5-7-17-32)34-29(40)26(19-20-8-2-1-3-9-20)36-27(38)23(33)18-21-12-14-22(37)15-13-21/h1-3,8-9,12-15,23-26,37H,4-7,10-11,16-19,31-33H2,(H,34,40)(H,35,39)(H,36,38)(H,41,42). The normalized spacial score (nSPS) is 13.8. The lowest BCUT2D eigenvalue weighted by atomic mass is 10.0. The summed E-state index contributed by atoms with van der Waals surface area (Å²) in [5.74, 6) is -2.88. The molecule has 0 aromatic heterocycles. The van der Waals surface area contributed by atoms with Crippen LogP contribution in [0.25, 0.3) is 0 Å². The van der Waals surface area contributed by atoms with Crippen molar-refractivity contribution in [3.63, 3.8) is 0 Å². The molecular weight excluding hydrogens is 540 g/mol. The Morgan fingerprint density at radius 2 is 1.14 bits per heavy atom. The van der Waals surface area contributed by atoms with Gasteiger partial charge in [-0.15, -0.1) is 0 Å². The van der Waals surface area contributed by atoms with Gasteiger partial charge in [-0.3, -0.25) is 14.4 Å². The summed E-state index contributed by atoms with van der Waals surface area (Å²) >= 11 is 0. The number of carboxylic acid groups (broad SMARTS) is 1. The fourth-order valence-corrected chi connectivity index (χ4v) is 4.37. The predicted molar refractivity (Wildman–Crippen MR) is 159 cm³/mol. The maximum atomic E-state index is 13.6. The summed E-state index contributed by atoms with van der Waals surface area (Å²) in [6.45, 7) is 0.801. The van der Waals surface area contributed by atoms with Gasteiger partial charge >= 0.3 is 5.97 Å². The minimum Gasteiger partial charge on any atom is -0.508 e. The third-order valence-electron chi connectivity index (χ3n) is 6.79. The van der Waals surface area contributed by atoms with E-state index >= 15 is 0 Å². The van der Waals surface area contributed by atoms with Gasteiger partial charge in [-0.05, 0) is 81.3 Å². The Morgan fingerprint density at radius 1 is 0.643 bits per heavy atom. The number of carboxylic acids is 1. The lowest BCUT2D eigenvalue weighted by Crippen LogP contribution is -2.57. The van der Waals surface area contributed by atoms with Gasteiger partial charge in [0.25, 0.3) is 0 Å². The van der Waals surface area contributed by atoms with E-state index < -0.39 is 47.9 Å². The zero-order valence-electron chi connectivity index (χ0n) is 23.8. The second-order valence-corrected chi connectivity index (χ2v) is 10.3. The number of unbranched alkanes of at least 4 members (excludes halogenated alkanes) is 2. The molecule has 2 aromatic rings. The van der Waals surface area contributed by atoms with Crippen LogP contribution in [0.15, 0.2) is 54.6 Å². The Balaban J connectivity index is 2.19. The molecule has 0 spiro atoms. The zero-order chi connectivity index (χ0) is 30.9. The summed E-state index contributed by atoms with van der Waals surface area (Å²) in [7, 11) is 0. The Kier molecular flexibility index (Phi) is 15.0. The van der Waals surface area contributed by atoms with Gasteiger partial charge in [0.1, 0.15) is 23.9 Å². The molecule has 0 aliphatic carbocycles. The van der Waals surface area contributed by atoms with Crippen LogP contribution in [0, 0.1) is 0 Å². The molecule has 4 atom stereocenters. The largest absolute Gasteiger partial charge is 0.508 e. The fourth-order valence-electron chi connectivity index (χ4n) is 4.37. The zero-order valence-corrected chi connectivity index (χ0v) is 23.8. The van der Waals surface area contributed by atoms with Crippen molar-refractivity contribution in [3.05, 3.63) is 65.7 Å². The van der Waals surface area contributed by atoms with Crippen LogP contribution in [-0.2, 0) is 32.0 Å². The van der Waals surface area contributed by atoms with Gasteiger partial charge in [-0.1, -0.05) is 42.5 Å². The van der Waals surface area contributed by atoms with Crippen LogP contribution in [0.3, 0.4) is 0 Å². The van der Waals surface area contributed by atoms with Crippen molar-refractivity contribution in [2.24, 2.45) is 17.2 Å². The lowest BCUT2D eigenvalue weighted by Gasteiger charge is -2.25. The second-order valence-electron chi connectivity index (χ2n) is 10.3. The van der Waals surface area contributed by atoms with E-state index in [9.17, 15) is 29.4 Å². The Morgan fingerprint density at radius 3 is 1.71 bits per heavy atom. The van der Waals surface area contributed by atoms with E-state index in [4.69, 9.17) is 17.2 Å². The smallest absolute Gasteiger partial charge is 0.326 e. The summed E-state index contributed by atoms with van der Waals surface area (Å²) in [6.07, 6.45) is 3.01. The fraction of sp³-hybridized carbons (Fsp3) is 0.467. The molecular formula is C30H44N6O6. The first-order valence-electron chi connectivity index (χ1n) is 14.3. The number of benzene rings is 2. The SMILES string of the molecule is NCCCCC(NC(=O)C(CCCCN)NC(=O)C(Cc1ccccc1)NC(=O)C(N)Cc1ccc(O)cc1)C(=O)O. The molecule has 12 heteroatoms. The first kappa shape index (κ1) is 34.2. The number of amides is 3. The highest BCUT2D eigenvalue weighted by Crippen LogP contribution is 2.12. The summed E-state index contributed by atoms with van der Waals surface area (Å²) < 4.78 is 0. The van der Waals surface area contributed by atoms with Gasteiger partial charge in [-0.25, -0.2) is 4.79 Å². The predicted octanol–water partition coefficient (Wildman–Crippen LogP) is 0.302. The number of aliphatic carboxylic acids is 1. The molecule has 2 aromatic carbocycles. The molecule has 0 fully saturated rings. The van der Waals surface area contributed by atoms with Crippen LogP contribution in [0.2, 0.25) is 0 Å².